The summed E-state index contributed by atoms with van der Waals surface area (Å²) in [5.74, 6) is 1.04. The van der Waals surface area contributed by atoms with Crippen molar-refractivity contribution in [1.82, 2.24) is 9.55 Å². The van der Waals surface area contributed by atoms with Crippen LogP contribution < -0.4 is 0 Å². The van der Waals surface area contributed by atoms with Gasteiger partial charge >= 0.3 is 0 Å². The molecule has 0 spiro atoms. The summed E-state index contributed by atoms with van der Waals surface area (Å²) in [4.78, 5) is 4.65. The first-order valence-electron chi connectivity index (χ1n) is 6.48. The van der Waals surface area contributed by atoms with E-state index in [-0.39, 0.29) is 0 Å². The summed E-state index contributed by atoms with van der Waals surface area (Å²) in [6, 6.07) is 6.80. The molecule has 0 bridgehead atoms. The second-order valence-corrected chi connectivity index (χ2v) is 5.80. The van der Waals surface area contributed by atoms with Gasteiger partial charge < -0.3 is 4.57 Å². The standard InChI is InChI=1S/C15H17BrN2/c1-10-17-14(15(16)18(10)2)13-8-7-11-5-3-4-6-12(11)9-13/h7-9H,3-6H2,1-2H3. The molecule has 0 unspecified atom stereocenters. The van der Waals surface area contributed by atoms with E-state index < -0.39 is 0 Å². The van der Waals surface area contributed by atoms with Gasteiger partial charge in [0.05, 0.1) is 0 Å². The number of aryl methyl sites for hydroxylation is 3. The first kappa shape index (κ1) is 12.0. The van der Waals surface area contributed by atoms with Crippen molar-refractivity contribution in [1.29, 1.82) is 0 Å². The van der Waals surface area contributed by atoms with Crippen molar-refractivity contribution >= 4 is 15.9 Å². The number of hydrogen-bond donors (Lipinski definition) is 0. The minimum absolute atomic E-state index is 1.04. The van der Waals surface area contributed by atoms with Crippen molar-refractivity contribution < 1.29 is 0 Å². The fourth-order valence-corrected chi connectivity index (χ4v) is 3.22. The summed E-state index contributed by atoms with van der Waals surface area (Å²) >= 11 is 3.63. The molecule has 0 fully saturated rings. The molecule has 0 N–H and O–H groups in total. The molecule has 2 aromatic rings. The zero-order chi connectivity index (χ0) is 12.7. The van der Waals surface area contributed by atoms with Crippen LogP contribution in [0.25, 0.3) is 11.3 Å². The Morgan fingerprint density at radius 2 is 1.89 bits per heavy atom. The molecule has 0 aliphatic heterocycles. The fraction of sp³-hybridized carbons (Fsp3) is 0.400. The van der Waals surface area contributed by atoms with Crippen LogP contribution in [0, 0.1) is 6.92 Å². The van der Waals surface area contributed by atoms with Crippen molar-refractivity contribution in [3.63, 3.8) is 0 Å². The van der Waals surface area contributed by atoms with E-state index in [9.17, 15) is 0 Å². The summed E-state index contributed by atoms with van der Waals surface area (Å²) in [6.07, 6.45) is 5.10. The van der Waals surface area contributed by atoms with E-state index in [0.717, 1.165) is 16.1 Å². The molecule has 1 aliphatic rings. The zero-order valence-electron chi connectivity index (χ0n) is 10.8. The summed E-state index contributed by atoms with van der Waals surface area (Å²) in [7, 11) is 2.04. The Hall–Kier alpha value is -1.09. The molecule has 1 aliphatic carbocycles. The third-order valence-corrected chi connectivity index (χ3v) is 4.78. The van der Waals surface area contributed by atoms with Crippen LogP contribution >= 0.6 is 15.9 Å². The Bertz CT molecular complexity index is 599. The first-order valence-corrected chi connectivity index (χ1v) is 7.27. The van der Waals surface area contributed by atoms with Crippen LogP contribution in [0.3, 0.4) is 0 Å². The smallest absolute Gasteiger partial charge is 0.112 e. The molecule has 0 saturated heterocycles. The lowest BCUT2D eigenvalue weighted by atomic mass is 9.90. The second-order valence-electron chi connectivity index (χ2n) is 5.05. The van der Waals surface area contributed by atoms with Gasteiger partial charge in [-0.15, -0.1) is 0 Å². The maximum Gasteiger partial charge on any atom is 0.112 e. The van der Waals surface area contributed by atoms with E-state index in [1.807, 2.05) is 14.0 Å². The lowest BCUT2D eigenvalue weighted by Gasteiger charge is -2.16. The van der Waals surface area contributed by atoms with Crippen LogP contribution in [0.1, 0.15) is 29.8 Å². The van der Waals surface area contributed by atoms with E-state index >= 15 is 0 Å². The number of hydrogen-bond acceptors (Lipinski definition) is 1. The normalized spacial score (nSPS) is 14.6. The molecule has 3 heteroatoms. The Morgan fingerprint density at radius 3 is 2.56 bits per heavy atom. The number of fused-ring (bicyclic) bond motifs is 1. The minimum atomic E-state index is 1.04. The van der Waals surface area contributed by atoms with Crippen LogP contribution in [0.4, 0.5) is 0 Å². The van der Waals surface area contributed by atoms with Gasteiger partial charge in [0.2, 0.25) is 0 Å². The summed E-state index contributed by atoms with van der Waals surface area (Å²) < 4.78 is 3.14. The zero-order valence-corrected chi connectivity index (χ0v) is 12.4. The Morgan fingerprint density at radius 1 is 1.17 bits per heavy atom. The number of rotatable bonds is 1. The van der Waals surface area contributed by atoms with Gasteiger partial charge in [-0.05, 0) is 65.7 Å². The Balaban J connectivity index is 2.09. The number of imidazole rings is 1. The minimum Gasteiger partial charge on any atom is -0.326 e. The number of nitrogens with zero attached hydrogens (tertiary/aromatic N) is 2. The lowest BCUT2D eigenvalue weighted by molar-refractivity contribution is 0.686. The molecule has 1 heterocycles. The van der Waals surface area contributed by atoms with Crippen molar-refractivity contribution in [2.45, 2.75) is 32.6 Å². The highest BCUT2D eigenvalue weighted by Crippen LogP contribution is 2.31. The van der Waals surface area contributed by atoms with Crippen molar-refractivity contribution in [2.24, 2.45) is 7.05 Å². The molecule has 0 atom stereocenters. The van der Waals surface area contributed by atoms with Crippen molar-refractivity contribution in [3.05, 3.63) is 39.8 Å². The number of halogens is 1. The van der Waals surface area contributed by atoms with Gasteiger partial charge in [-0.1, -0.05) is 12.1 Å². The summed E-state index contributed by atoms with van der Waals surface area (Å²) in [5.41, 5.74) is 5.32. The molecule has 1 aromatic carbocycles. The van der Waals surface area contributed by atoms with Gasteiger partial charge in [0.1, 0.15) is 16.1 Å². The van der Waals surface area contributed by atoms with Gasteiger partial charge in [-0.2, -0.15) is 0 Å². The second kappa shape index (κ2) is 4.54. The number of benzene rings is 1. The van der Waals surface area contributed by atoms with Crippen LogP contribution in [0.5, 0.6) is 0 Å². The average molecular weight is 305 g/mol. The third kappa shape index (κ3) is 1.91. The van der Waals surface area contributed by atoms with Crippen molar-refractivity contribution in [2.75, 3.05) is 0 Å². The van der Waals surface area contributed by atoms with Crippen molar-refractivity contribution in [3.8, 4) is 11.3 Å². The molecule has 18 heavy (non-hydrogen) atoms. The van der Waals surface area contributed by atoms with E-state index in [1.54, 1.807) is 0 Å². The van der Waals surface area contributed by atoms with Gasteiger partial charge in [0.15, 0.2) is 0 Å². The Kier molecular flexibility index (Phi) is 3.02. The van der Waals surface area contributed by atoms with Gasteiger partial charge in [0.25, 0.3) is 0 Å². The molecule has 94 valence electrons. The van der Waals surface area contributed by atoms with E-state index in [4.69, 9.17) is 0 Å². The van der Waals surface area contributed by atoms with Gasteiger partial charge in [-0.25, -0.2) is 4.98 Å². The molecule has 0 saturated carbocycles. The predicted molar refractivity (Wildman–Crippen MR) is 77.7 cm³/mol. The summed E-state index contributed by atoms with van der Waals surface area (Å²) in [6.45, 7) is 2.03. The fourth-order valence-electron chi connectivity index (χ4n) is 2.65. The monoisotopic (exact) mass is 304 g/mol. The van der Waals surface area contributed by atoms with Crippen LogP contribution in [-0.4, -0.2) is 9.55 Å². The van der Waals surface area contributed by atoms with Gasteiger partial charge in [-0.3, -0.25) is 0 Å². The highest BCUT2D eigenvalue weighted by molar-refractivity contribution is 9.10. The van der Waals surface area contributed by atoms with Gasteiger partial charge in [0, 0.05) is 12.6 Å². The van der Waals surface area contributed by atoms with E-state index in [1.165, 1.54) is 42.4 Å². The molecule has 3 rings (SSSR count). The molecule has 2 nitrogen and oxygen atoms in total. The SMILES string of the molecule is Cc1nc(-c2ccc3c(c2)CCCC3)c(Br)n1C. The largest absolute Gasteiger partial charge is 0.326 e. The summed E-state index contributed by atoms with van der Waals surface area (Å²) in [5, 5.41) is 0. The maximum absolute atomic E-state index is 4.65. The Labute approximate surface area is 116 Å². The average Bonchev–Trinajstić information content (AvgIpc) is 2.66. The molecule has 1 aromatic heterocycles. The first-order chi connectivity index (χ1) is 8.66. The topological polar surface area (TPSA) is 17.8 Å². The van der Waals surface area contributed by atoms with Crippen LogP contribution in [0.2, 0.25) is 0 Å². The maximum atomic E-state index is 4.65. The molecular formula is C15H17BrN2. The lowest BCUT2D eigenvalue weighted by Crippen LogP contribution is -2.02. The quantitative estimate of drug-likeness (QED) is 0.777. The van der Waals surface area contributed by atoms with E-state index in [0.29, 0.717) is 0 Å². The predicted octanol–water partition coefficient (Wildman–Crippen LogP) is 4.04. The highest BCUT2D eigenvalue weighted by Gasteiger charge is 2.15. The molecular weight excluding hydrogens is 288 g/mol. The molecule has 0 amide bonds. The third-order valence-electron chi connectivity index (χ3n) is 3.87. The highest BCUT2D eigenvalue weighted by atomic mass is 79.9. The van der Waals surface area contributed by atoms with E-state index in [2.05, 4.69) is 43.7 Å². The van der Waals surface area contributed by atoms with Crippen LogP contribution in [-0.2, 0) is 19.9 Å². The number of aromatic nitrogens is 2. The molecule has 0 radical (unpaired) electrons. The van der Waals surface area contributed by atoms with Crippen LogP contribution in [0.15, 0.2) is 22.8 Å².